The van der Waals surface area contributed by atoms with Crippen molar-refractivity contribution < 1.29 is 4.42 Å². The second kappa shape index (κ2) is 4.49. The molecule has 0 aliphatic carbocycles. The van der Waals surface area contributed by atoms with Crippen LogP contribution in [0, 0.1) is 0 Å². The molecule has 1 heterocycles. The summed E-state index contributed by atoms with van der Waals surface area (Å²) in [5, 5.41) is 0. The van der Waals surface area contributed by atoms with Crippen molar-refractivity contribution in [3.63, 3.8) is 0 Å². The fourth-order valence-corrected chi connectivity index (χ4v) is 1.73. The number of rotatable bonds is 3. The van der Waals surface area contributed by atoms with Gasteiger partial charge in [0.2, 0.25) is 0 Å². The molecule has 2 rings (SSSR count). The van der Waals surface area contributed by atoms with Gasteiger partial charge in [0.15, 0.2) is 6.39 Å². The molecule has 2 aromatic rings. The highest BCUT2D eigenvalue weighted by Crippen LogP contribution is 2.28. The average molecular weight is 216 g/mol. The molecule has 2 N–H and O–H groups in total. The number of oxazole rings is 1. The van der Waals surface area contributed by atoms with E-state index in [4.69, 9.17) is 10.2 Å². The summed E-state index contributed by atoms with van der Waals surface area (Å²) in [4.78, 5) is 4.28. The molecule has 16 heavy (non-hydrogen) atoms. The van der Waals surface area contributed by atoms with Crippen LogP contribution in [0.2, 0.25) is 0 Å². The van der Waals surface area contributed by atoms with Crippen LogP contribution >= 0.6 is 0 Å². The smallest absolute Gasteiger partial charge is 0.181 e. The molecule has 0 amide bonds. The van der Waals surface area contributed by atoms with Crippen LogP contribution in [0.25, 0.3) is 11.3 Å². The van der Waals surface area contributed by atoms with Gasteiger partial charge in [-0.25, -0.2) is 4.98 Å². The van der Waals surface area contributed by atoms with Crippen LogP contribution in [0.5, 0.6) is 0 Å². The number of hydrogen-bond donors (Lipinski definition) is 1. The van der Waals surface area contributed by atoms with Crippen molar-refractivity contribution in [3.05, 3.63) is 42.0 Å². The van der Waals surface area contributed by atoms with Crippen LogP contribution in [0.3, 0.4) is 0 Å². The maximum atomic E-state index is 5.63. The Labute approximate surface area is 95.3 Å². The molecule has 0 unspecified atom stereocenters. The minimum Gasteiger partial charge on any atom is -0.448 e. The van der Waals surface area contributed by atoms with Gasteiger partial charge in [-0.05, 0) is 11.6 Å². The molecular weight excluding hydrogens is 200 g/mol. The molecule has 1 aromatic carbocycles. The second-order valence-corrected chi connectivity index (χ2v) is 4.12. The molecule has 0 saturated carbocycles. The summed E-state index contributed by atoms with van der Waals surface area (Å²) in [6.07, 6.45) is 1.50. The first-order valence-electron chi connectivity index (χ1n) is 5.45. The van der Waals surface area contributed by atoms with Crippen molar-refractivity contribution in [3.8, 4) is 11.3 Å². The number of hydrogen-bond acceptors (Lipinski definition) is 3. The largest absolute Gasteiger partial charge is 0.448 e. The van der Waals surface area contributed by atoms with Crippen LogP contribution in [-0.2, 0) is 6.54 Å². The summed E-state index contributed by atoms with van der Waals surface area (Å²) in [7, 11) is 0. The lowest BCUT2D eigenvalue weighted by Crippen LogP contribution is -1.96. The Morgan fingerprint density at radius 3 is 2.88 bits per heavy atom. The Morgan fingerprint density at radius 1 is 1.38 bits per heavy atom. The summed E-state index contributed by atoms with van der Waals surface area (Å²) in [5.74, 6) is 1.26. The molecule has 0 atom stereocenters. The van der Waals surface area contributed by atoms with Gasteiger partial charge >= 0.3 is 0 Å². The zero-order valence-electron chi connectivity index (χ0n) is 9.60. The molecular formula is C13H16N2O. The standard InChI is InChI=1S/C13H16N2O/c1-9(2)13-12(15-8-16-13)11-5-3-4-10(6-11)7-14/h3-6,8-9H,7,14H2,1-2H3. The van der Waals surface area contributed by atoms with Crippen LogP contribution in [0.15, 0.2) is 35.1 Å². The van der Waals surface area contributed by atoms with Crippen molar-refractivity contribution in [1.29, 1.82) is 0 Å². The van der Waals surface area contributed by atoms with Crippen LogP contribution < -0.4 is 5.73 Å². The topological polar surface area (TPSA) is 52.0 Å². The number of nitrogens with zero attached hydrogens (tertiary/aromatic N) is 1. The van der Waals surface area contributed by atoms with E-state index in [0.717, 1.165) is 22.6 Å². The Morgan fingerprint density at radius 2 is 2.19 bits per heavy atom. The monoisotopic (exact) mass is 216 g/mol. The number of nitrogens with two attached hydrogens (primary N) is 1. The third-order valence-electron chi connectivity index (χ3n) is 2.56. The predicted molar refractivity (Wildman–Crippen MR) is 63.9 cm³/mol. The quantitative estimate of drug-likeness (QED) is 0.858. The molecule has 0 bridgehead atoms. The SMILES string of the molecule is CC(C)c1ocnc1-c1cccc(CN)c1. The molecule has 84 valence electrons. The molecule has 0 aliphatic heterocycles. The van der Waals surface area contributed by atoms with Crippen LogP contribution in [0.1, 0.15) is 31.1 Å². The normalized spacial score (nSPS) is 11.0. The summed E-state index contributed by atoms with van der Waals surface area (Å²) < 4.78 is 5.41. The van der Waals surface area contributed by atoms with Crippen molar-refractivity contribution in [2.45, 2.75) is 26.3 Å². The Kier molecular flexibility index (Phi) is 3.06. The molecule has 3 nitrogen and oxygen atoms in total. The fourth-order valence-electron chi connectivity index (χ4n) is 1.73. The molecule has 0 aliphatic rings. The lowest BCUT2D eigenvalue weighted by Gasteiger charge is -2.05. The van der Waals surface area contributed by atoms with Gasteiger partial charge in [-0.3, -0.25) is 0 Å². The van der Waals surface area contributed by atoms with Crippen molar-refractivity contribution in [2.24, 2.45) is 5.73 Å². The molecule has 0 spiro atoms. The predicted octanol–water partition coefficient (Wildman–Crippen LogP) is 2.92. The molecule has 1 aromatic heterocycles. The van der Waals surface area contributed by atoms with E-state index in [0.29, 0.717) is 12.5 Å². The number of benzene rings is 1. The van der Waals surface area contributed by atoms with Gasteiger partial charge in [0, 0.05) is 18.0 Å². The highest BCUT2D eigenvalue weighted by molar-refractivity contribution is 5.62. The first kappa shape index (κ1) is 10.9. The lowest BCUT2D eigenvalue weighted by atomic mass is 10.0. The summed E-state index contributed by atoms with van der Waals surface area (Å²) in [5.41, 5.74) is 8.72. The van der Waals surface area contributed by atoms with Crippen LogP contribution in [-0.4, -0.2) is 4.98 Å². The minimum atomic E-state index is 0.332. The van der Waals surface area contributed by atoms with E-state index in [1.165, 1.54) is 6.39 Å². The highest BCUT2D eigenvalue weighted by atomic mass is 16.3. The molecule has 0 saturated heterocycles. The number of aromatic nitrogens is 1. The average Bonchev–Trinajstić information content (AvgIpc) is 2.78. The molecule has 0 fully saturated rings. The van der Waals surface area contributed by atoms with Gasteiger partial charge in [-0.15, -0.1) is 0 Å². The second-order valence-electron chi connectivity index (χ2n) is 4.12. The van der Waals surface area contributed by atoms with Crippen molar-refractivity contribution in [1.82, 2.24) is 4.98 Å². The zero-order chi connectivity index (χ0) is 11.5. The van der Waals surface area contributed by atoms with E-state index in [1.54, 1.807) is 0 Å². The summed E-state index contributed by atoms with van der Waals surface area (Å²) in [6.45, 7) is 4.73. The summed E-state index contributed by atoms with van der Waals surface area (Å²) in [6, 6.07) is 8.10. The van der Waals surface area contributed by atoms with E-state index in [-0.39, 0.29) is 0 Å². The maximum absolute atomic E-state index is 5.63. The molecule has 0 radical (unpaired) electrons. The Balaban J connectivity index is 2.46. The van der Waals surface area contributed by atoms with Gasteiger partial charge in [0.05, 0.1) is 0 Å². The van der Waals surface area contributed by atoms with Gasteiger partial charge in [0.25, 0.3) is 0 Å². The fraction of sp³-hybridized carbons (Fsp3) is 0.308. The van der Waals surface area contributed by atoms with Gasteiger partial charge in [0.1, 0.15) is 11.5 Å². The first-order valence-corrected chi connectivity index (χ1v) is 5.45. The maximum Gasteiger partial charge on any atom is 0.181 e. The van der Waals surface area contributed by atoms with E-state index in [1.807, 2.05) is 18.2 Å². The Bertz CT molecular complexity index is 474. The third-order valence-corrected chi connectivity index (χ3v) is 2.56. The van der Waals surface area contributed by atoms with Gasteiger partial charge < -0.3 is 10.2 Å². The first-order chi connectivity index (χ1) is 7.72. The molecule has 3 heteroatoms. The van der Waals surface area contributed by atoms with E-state index < -0.39 is 0 Å². The van der Waals surface area contributed by atoms with E-state index in [9.17, 15) is 0 Å². The van der Waals surface area contributed by atoms with E-state index >= 15 is 0 Å². The van der Waals surface area contributed by atoms with Crippen molar-refractivity contribution in [2.75, 3.05) is 0 Å². The van der Waals surface area contributed by atoms with Crippen LogP contribution in [0.4, 0.5) is 0 Å². The van der Waals surface area contributed by atoms with Crippen molar-refractivity contribution >= 4 is 0 Å². The third kappa shape index (κ3) is 1.99. The van der Waals surface area contributed by atoms with Gasteiger partial charge in [-0.2, -0.15) is 0 Å². The summed E-state index contributed by atoms with van der Waals surface area (Å²) >= 11 is 0. The minimum absolute atomic E-state index is 0.332. The lowest BCUT2D eigenvalue weighted by molar-refractivity contribution is 0.483. The Hall–Kier alpha value is -1.61. The van der Waals surface area contributed by atoms with E-state index in [2.05, 4.69) is 24.9 Å². The zero-order valence-corrected chi connectivity index (χ0v) is 9.60. The highest BCUT2D eigenvalue weighted by Gasteiger charge is 2.13. The van der Waals surface area contributed by atoms with Gasteiger partial charge in [-0.1, -0.05) is 32.0 Å².